The monoisotopic (exact) mass is 480 g/mol. The number of halogens is 3. The van der Waals surface area contributed by atoms with Gasteiger partial charge in [0.2, 0.25) is 0 Å². The standard InChI is InChI=1S/C18H20ClF2N2O5PS/c1-10(2)16(24)17(25)22-11-6-7-15(14(19)9-11)30(26,27)23-12-4-3-5-13(8-12)28-18(20,21)29/h3-10,16,23-24H,29H2,1-2H3,(H,22,25)/t16-/m0/s1. The Hall–Kier alpha value is -2.00. The molecule has 2 rings (SSSR count). The smallest absolute Gasteiger partial charge is 0.408 e. The van der Waals surface area contributed by atoms with Crippen molar-refractivity contribution in [3.63, 3.8) is 0 Å². The number of hydrogen-bond donors (Lipinski definition) is 3. The van der Waals surface area contributed by atoms with E-state index in [1.165, 1.54) is 45.6 Å². The normalized spacial score (nSPS) is 13.1. The van der Waals surface area contributed by atoms with Crippen LogP contribution < -0.4 is 14.8 Å². The van der Waals surface area contributed by atoms with Gasteiger partial charge in [-0.2, -0.15) is 8.78 Å². The van der Waals surface area contributed by atoms with Crippen LogP contribution in [0.5, 0.6) is 5.75 Å². The first-order chi connectivity index (χ1) is 13.8. The molecule has 0 spiro atoms. The first kappa shape index (κ1) is 24.3. The van der Waals surface area contributed by atoms with Crippen molar-refractivity contribution in [3.8, 4) is 5.75 Å². The molecule has 0 aromatic heterocycles. The highest BCUT2D eigenvalue weighted by atomic mass is 35.5. The third-order valence-corrected chi connectivity index (χ3v) is 5.71. The number of carbonyl (C=O) groups is 1. The van der Waals surface area contributed by atoms with E-state index in [-0.39, 0.29) is 33.0 Å². The van der Waals surface area contributed by atoms with Gasteiger partial charge in [0.1, 0.15) is 16.7 Å². The number of amides is 1. The van der Waals surface area contributed by atoms with Crippen molar-refractivity contribution in [2.24, 2.45) is 5.92 Å². The number of benzene rings is 2. The molecule has 0 aliphatic rings. The molecule has 12 heteroatoms. The van der Waals surface area contributed by atoms with E-state index in [1.807, 2.05) is 0 Å². The number of alkyl halides is 2. The zero-order chi connectivity index (χ0) is 22.7. The van der Waals surface area contributed by atoms with Crippen LogP contribution in [0.1, 0.15) is 13.8 Å². The average Bonchev–Trinajstić information content (AvgIpc) is 2.59. The maximum Gasteiger partial charge on any atom is 0.408 e. The van der Waals surface area contributed by atoms with Crippen molar-refractivity contribution in [2.75, 3.05) is 10.0 Å². The van der Waals surface area contributed by atoms with Gasteiger partial charge < -0.3 is 15.2 Å². The number of ether oxygens (including phenoxy) is 1. The highest BCUT2D eigenvalue weighted by molar-refractivity contribution is 7.92. The van der Waals surface area contributed by atoms with Crippen molar-refractivity contribution in [3.05, 3.63) is 47.5 Å². The molecular formula is C18H20ClF2N2O5PS. The maximum atomic E-state index is 13.0. The lowest BCUT2D eigenvalue weighted by Gasteiger charge is -2.16. The third kappa shape index (κ3) is 6.77. The maximum absolute atomic E-state index is 13.0. The topological polar surface area (TPSA) is 105 Å². The number of aliphatic hydroxyl groups excluding tert-OH is 1. The molecule has 0 aliphatic carbocycles. The molecule has 0 aliphatic heterocycles. The molecule has 0 fully saturated rings. The molecule has 2 aromatic carbocycles. The summed E-state index contributed by atoms with van der Waals surface area (Å²) in [5, 5.41) is 12.0. The fourth-order valence-electron chi connectivity index (χ4n) is 2.31. The van der Waals surface area contributed by atoms with Gasteiger partial charge in [0.25, 0.3) is 15.9 Å². The second-order valence-corrected chi connectivity index (χ2v) is 9.35. The summed E-state index contributed by atoms with van der Waals surface area (Å²) < 4.78 is 57.8. The van der Waals surface area contributed by atoms with E-state index in [1.54, 1.807) is 13.8 Å². The molecular weight excluding hydrogens is 461 g/mol. The van der Waals surface area contributed by atoms with Crippen LogP contribution in [-0.2, 0) is 14.8 Å². The van der Waals surface area contributed by atoms with E-state index in [9.17, 15) is 27.1 Å². The van der Waals surface area contributed by atoms with E-state index in [4.69, 9.17) is 11.6 Å². The molecule has 1 amide bonds. The molecule has 3 N–H and O–H groups in total. The van der Waals surface area contributed by atoms with Gasteiger partial charge in [0, 0.05) is 11.8 Å². The van der Waals surface area contributed by atoms with Gasteiger partial charge in [-0.15, -0.1) is 0 Å². The van der Waals surface area contributed by atoms with Crippen molar-refractivity contribution in [2.45, 2.75) is 30.7 Å². The summed E-state index contributed by atoms with van der Waals surface area (Å²) in [7, 11) is -2.96. The summed E-state index contributed by atoms with van der Waals surface area (Å²) in [6, 6.07) is 8.70. The van der Waals surface area contributed by atoms with E-state index < -0.39 is 27.9 Å². The molecule has 0 saturated carbocycles. The zero-order valence-corrected chi connectivity index (χ0v) is 18.6. The molecule has 7 nitrogen and oxygen atoms in total. The van der Waals surface area contributed by atoms with Crippen LogP contribution in [0.3, 0.4) is 0 Å². The van der Waals surface area contributed by atoms with E-state index in [2.05, 4.69) is 14.8 Å². The van der Waals surface area contributed by atoms with Gasteiger partial charge in [-0.1, -0.05) is 31.5 Å². The van der Waals surface area contributed by atoms with E-state index in [0.717, 1.165) is 6.07 Å². The number of carbonyl (C=O) groups excluding carboxylic acids is 1. The summed E-state index contributed by atoms with van der Waals surface area (Å²) in [6.45, 7) is 3.33. The summed E-state index contributed by atoms with van der Waals surface area (Å²) in [6.07, 6.45) is -1.24. The molecule has 0 bridgehead atoms. The predicted octanol–water partition coefficient (Wildman–Crippen LogP) is 3.90. The Morgan fingerprint density at radius 2 is 1.87 bits per heavy atom. The van der Waals surface area contributed by atoms with Crippen LogP contribution in [0.2, 0.25) is 5.02 Å². The van der Waals surface area contributed by atoms with Gasteiger partial charge >= 0.3 is 5.85 Å². The Bertz CT molecular complexity index is 1030. The predicted molar refractivity (Wildman–Crippen MR) is 113 cm³/mol. The number of sulfonamides is 1. The van der Waals surface area contributed by atoms with Gasteiger partial charge in [0.05, 0.1) is 10.7 Å². The Kier molecular flexibility index (Phi) is 7.63. The number of anilines is 2. The second-order valence-electron chi connectivity index (χ2n) is 6.62. The van der Waals surface area contributed by atoms with Crippen molar-refractivity contribution >= 4 is 48.1 Å². The first-order valence-corrected chi connectivity index (χ1v) is 11.0. The minimum Gasteiger partial charge on any atom is -0.430 e. The summed E-state index contributed by atoms with van der Waals surface area (Å²) in [4.78, 5) is 11.6. The molecule has 0 saturated heterocycles. The van der Waals surface area contributed by atoms with Crippen LogP contribution in [0.15, 0.2) is 47.4 Å². The molecule has 2 atom stereocenters. The largest absolute Gasteiger partial charge is 0.430 e. The lowest BCUT2D eigenvalue weighted by Crippen LogP contribution is -2.31. The van der Waals surface area contributed by atoms with Crippen LogP contribution in [0.25, 0.3) is 0 Å². The van der Waals surface area contributed by atoms with Crippen LogP contribution >= 0.6 is 20.8 Å². The van der Waals surface area contributed by atoms with Gasteiger partial charge in [0.15, 0.2) is 0 Å². The third-order valence-electron chi connectivity index (χ3n) is 3.73. The number of nitrogens with one attached hydrogen (secondary N) is 2. The fourth-order valence-corrected chi connectivity index (χ4v) is 4.04. The van der Waals surface area contributed by atoms with Crippen molar-refractivity contribution in [1.82, 2.24) is 0 Å². The highest BCUT2D eigenvalue weighted by Gasteiger charge is 2.24. The Balaban J connectivity index is 2.21. The van der Waals surface area contributed by atoms with Crippen molar-refractivity contribution in [1.29, 1.82) is 0 Å². The van der Waals surface area contributed by atoms with Crippen LogP contribution in [0, 0.1) is 5.92 Å². The molecule has 30 heavy (non-hydrogen) atoms. The lowest BCUT2D eigenvalue weighted by atomic mass is 10.1. The van der Waals surface area contributed by atoms with E-state index in [0.29, 0.717) is 0 Å². The SMILES string of the molecule is CC(C)[C@H](O)C(=O)Nc1ccc(S(=O)(=O)Nc2cccc(OC(F)(F)P)c2)c(Cl)c1. The minimum absolute atomic E-state index is 0.0183. The Morgan fingerprint density at radius 3 is 2.43 bits per heavy atom. The number of hydrogen-bond acceptors (Lipinski definition) is 5. The summed E-state index contributed by atoms with van der Waals surface area (Å²) in [5.41, 5.74) is 0.178. The molecule has 0 heterocycles. The van der Waals surface area contributed by atoms with Gasteiger partial charge in [-0.05, 0) is 45.5 Å². The Labute approximate surface area is 180 Å². The molecule has 164 valence electrons. The Morgan fingerprint density at radius 1 is 1.20 bits per heavy atom. The minimum atomic E-state index is -4.17. The van der Waals surface area contributed by atoms with Gasteiger partial charge in [-0.25, -0.2) is 8.42 Å². The molecule has 1 unspecified atom stereocenters. The number of aliphatic hydroxyl groups is 1. The molecule has 0 radical (unpaired) electrons. The van der Waals surface area contributed by atoms with E-state index >= 15 is 0 Å². The van der Waals surface area contributed by atoms with Gasteiger partial charge in [-0.3, -0.25) is 9.52 Å². The lowest BCUT2D eigenvalue weighted by molar-refractivity contribution is -0.125. The quantitative estimate of drug-likeness (QED) is 0.497. The highest BCUT2D eigenvalue weighted by Crippen LogP contribution is 2.31. The molecule has 2 aromatic rings. The number of rotatable bonds is 8. The average molecular weight is 481 g/mol. The van der Waals surface area contributed by atoms with Crippen molar-refractivity contribution < 1.29 is 31.8 Å². The second kappa shape index (κ2) is 9.43. The zero-order valence-electron chi connectivity index (χ0n) is 15.9. The first-order valence-electron chi connectivity index (χ1n) is 8.55. The van der Waals surface area contributed by atoms with Crippen LogP contribution in [-0.4, -0.2) is 31.4 Å². The van der Waals surface area contributed by atoms with Crippen LogP contribution in [0.4, 0.5) is 20.2 Å². The summed E-state index contributed by atoms with van der Waals surface area (Å²) >= 11 is 6.06. The summed E-state index contributed by atoms with van der Waals surface area (Å²) in [5.74, 6) is -4.72. The fraction of sp³-hybridized carbons (Fsp3) is 0.278.